The van der Waals surface area contributed by atoms with Gasteiger partial charge >= 0.3 is 5.97 Å². The molecule has 6 nitrogen and oxygen atoms in total. The highest BCUT2D eigenvalue weighted by Gasteiger charge is 2.24. The average molecular weight is 368 g/mol. The molecule has 6 heteroatoms. The maximum atomic E-state index is 12.4. The topological polar surface area (TPSA) is 77.5 Å². The van der Waals surface area contributed by atoms with Gasteiger partial charge in [-0.2, -0.15) is 0 Å². The van der Waals surface area contributed by atoms with Crippen LogP contribution in [0.5, 0.6) is 11.6 Å². The smallest absolute Gasteiger partial charge is 0.308 e. The molecule has 1 aliphatic rings. The van der Waals surface area contributed by atoms with Crippen LogP contribution in [0.2, 0.25) is 0 Å². The number of benzene rings is 1. The van der Waals surface area contributed by atoms with E-state index in [4.69, 9.17) is 9.47 Å². The van der Waals surface area contributed by atoms with Crippen LogP contribution in [0.1, 0.15) is 48.5 Å². The van der Waals surface area contributed by atoms with Gasteiger partial charge in [-0.15, -0.1) is 0 Å². The number of ether oxygens (including phenoxy) is 2. The Bertz CT molecular complexity index is 779. The summed E-state index contributed by atoms with van der Waals surface area (Å²) in [6.07, 6.45) is 5.43. The van der Waals surface area contributed by atoms with E-state index in [9.17, 15) is 9.59 Å². The van der Waals surface area contributed by atoms with Crippen molar-refractivity contribution < 1.29 is 19.1 Å². The fraction of sp³-hybridized carbons (Fsp3) is 0.381. The van der Waals surface area contributed by atoms with Gasteiger partial charge in [0.25, 0.3) is 5.91 Å². The minimum absolute atomic E-state index is 0.117. The van der Waals surface area contributed by atoms with E-state index < -0.39 is 0 Å². The van der Waals surface area contributed by atoms with Crippen molar-refractivity contribution in [3.63, 3.8) is 0 Å². The molecule has 1 N–H and O–H groups in total. The molecular formula is C21H24N2O4. The third-order valence-electron chi connectivity index (χ3n) is 4.56. The molecule has 0 bridgehead atoms. The van der Waals surface area contributed by atoms with E-state index in [1.54, 1.807) is 30.5 Å². The first kappa shape index (κ1) is 18.9. The number of hydrogen-bond acceptors (Lipinski definition) is 5. The van der Waals surface area contributed by atoms with Crippen molar-refractivity contribution >= 4 is 11.9 Å². The molecule has 1 heterocycles. The number of nitrogens with zero attached hydrogens (tertiary/aromatic N) is 1. The Balaban J connectivity index is 1.46. The van der Waals surface area contributed by atoms with Crippen molar-refractivity contribution in [2.45, 2.75) is 51.7 Å². The second kappa shape index (κ2) is 8.66. The first-order chi connectivity index (χ1) is 13.0. The molecule has 1 aromatic heterocycles. The lowest BCUT2D eigenvalue weighted by Gasteiger charge is -2.29. The van der Waals surface area contributed by atoms with Crippen LogP contribution in [0.15, 0.2) is 42.6 Å². The van der Waals surface area contributed by atoms with Crippen molar-refractivity contribution in [2.24, 2.45) is 0 Å². The third-order valence-corrected chi connectivity index (χ3v) is 4.56. The second-order valence-electron chi connectivity index (χ2n) is 6.86. The summed E-state index contributed by atoms with van der Waals surface area (Å²) >= 11 is 0. The normalized spacial score (nSPS) is 19.2. The molecule has 0 unspecified atom stereocenters. The van der Waals surface area contributed by atoms with Gasteiger partial charge in [0.1, 0.15) is 11.9 Å². The monoisotopic (exact) mass is 368 g/mol. The number of esters is 1. The minimum atomic E-state index is -0.382. The number of nitrogens with one attached hydrogen (secondary N) is 1. The number of carbonyl (C=O) groups is 2. The highest BCUT2D eigenvalue weighted by molar-refractivity contribution is 5.94. The van der Waals surface area contributed by atoms with E-state index in [0.717, 1.165) is 31.2 Å². The van der Waals surface area contributed by atoms with E-state index in [1.165, 1.54) is 6.92 Å². The zero-order chi connectivity index (χ0) is 19.2. The summed E-state index contributed by atoms with van der Waals surface area (Å²) in [4.78, 5) is 27.6. The van der Waals surface area contributed by atoms with Crippen LogP contribution in [-0.4, -0.2) is 29.0 Å². The average Bonchev–Trinajstić information content (AvgIpc) is 2.65. The Morgan fingerprint density at radius 2 is 1.74 bits per heavy atom. The zero-order valence-electron chi connectivity index (χ0n) is 15.6. The first-order valence-electron chi connectivity index (χ1n) is 9.18. The predicted molar refractivity (Wildman–Crippen MR) is 101 cm³/mol. The summed E-state index contributed by atoms with van der Waals surface area (Å²) in [5.74, 6) is 0.586. The van der Waals surface area contributed by atoms with Crippen LogP contribution >= 0.6 is 0 Å². The maximum Gasteiger partial charge on any atom is 0.308 e. The van der Waals surface area contributed by atoms with Gasteiger partial charge < -0.3 is 14.8 Å². The standard InChI is InChI=1S/C21H24N2O4/c1-14-3-12-20(22-13-14)27-19-10-6-17(7-11-19)23-21(25)16-4-8-18(9-5-16)26-15(2)24/h3-5,8-9,12-13,17,19H,6-7,10-11H2,1-2H3,(H,23,25). The molecule has 1 fully saturated rings. The Kier molecular flexibility index (Phi) is 6.06. The summed E-state index contributed by atoms with van der Waals surface area (Å²) < 4.78 is 10.9. The van der Waals surface area contributed by atoms with Crippen molar-refractivity contribution in [1.82, 2.24) is 10.3 Å². The number of aromatic nitrogens is 1. The first-order valence-corrected chi connectivity index (χ1v) is 9.18. The van der Waals surface area contributed by atoms with Gasteiger partial charge in [-0.05, 0) is 62.4 Å². The molecule has 1 amide bonds. The Morgan fingerprint density at radius 1 is 1.04 bits per heavy atom. The van der Waals surface area contributed by atoms with Crippen molar-refractivity contribution in [3.8, 4) is 11.6 Å². The highest BCUT2D eigenvalue weighted by atomic mass is 16.5. The molecule has 1 aromatic carbocycles. The molecule has 0 atom stereocenters. The van der Waals surface area contributed by atoms with Crippen LogP contribution in [0.25, 0.3) is 0 Å². The number of aryl methyl sites for hydroxylation is 1. The lowest BCUT2D eigenvalue weighted by Crippen LogP contribution is -2.39. The van der Waals surface area contributed by atoms with Gasteiger partial charge in [-0.1, -0.05) is 6.07 Å². The molecule has 1 saturated carbocycles. The van der Waals surface area contributed by atoms with Gasteiger partial charge in [0.2, 0.25) is 5.88 Å². The quantitative estimate of drug-likeness (QED) is 0.646. The van der Waals surface area contributed by atoms with Gasteiger partial charge in [0.15, 0.2) is 0 Å². The van der Waals surface area contributed by atoms with E-state index >= 15 is 0 Å². The van der Waals surface area contributed by atoms with Gasteiger partial charge in [0, 0.05) is 30.8 Å². The SMILES string of the molecule is CC(=O)Oc1ccc(C(=O)NC2CCC(Oc3ccc(C)cn3)CC2)cc1. The number of hydrogen-bond donors (Lipinski definition) is 1. The summed E-state index contributed by atoms with van der Waals surface area (Å²) in [7, 11) is 0. The second-order valence-corrected chi connectivity index (χ2v) is 6.86. The van der Waals surface area contributed by atoms with E-state index in [2.05, 4.69) is 10.3 Å². The van der Waals surface area contributed by atoms with Gasteiger partial charge in [-0.25, -0.2) is 4.98 Å². The Morgan fingerprint density at radius 3 is 2.33 bits per heavy atom. The molecule has 3 rings (SSSR count). The molecule has 27 heavy (non-hydrogen) atoms. The lowest BCUT2D eigenvalue weighted by molar-refractivity contribution is -0.131. The minimum Gasteiger partial charge on any atom is -0.474 e. The molecule has 0 saturated heterocycles. The molecule has 2 aromatic rings. The maximum absolute atomic E-state index is 12.4. The molecule has 0 radical (unpaired) electrons. The largest absolute Gasteiger partial charge is 0.474 e. The number of amides is 1. The summed E-state index contributed by atoms with van der Waals surface area (Å²) in [5.41, 5.74) is 1.66. The summed E-state index contributed by atoms with van der Waals surface area (Å²) in [6, 6.07) is 10.6. The van der Waals surface area contributed by atoms with Crippen molar-refractivity contribution in [2.75, 3.05) is 0 Å². The predicted octanol–water partition coefficient (Wildman–Crippen LogP) is 3.44. The lowest BCUT2D eigenvalue weighted by atomic mass is 9.92. The summed E-state index contributed by atoms with van der Waals surface area (Å²) in [5, 5.41) is 3.07. The van der Waals surface area contributed by atoms with Crippen LogP contribution in [-0.2, 0) is 4.79 Å². The third kappa shape index (κ3) is 5.54. The van der Waals surface area contributed by atoms with E-state index in [1.807, 2.05) is 19.1 Å². The van der Waals surface area contributed by atoms with Crippen LogP contribution in [0.4, 0.5) is 0 Å². The van der Waals surface area contributed by atoms with E-state index in [0.29, 0.717) is 17.2 Å². The molecule has 1 aliphatic carbocycles. The van der Waals surface area contributed by atoms with Crippen LogP contribution in [0, 0.1) is 6.92 Å². The van der Waals surface area contributed by atoms with Gasteiger partial charge in [-0.3, -0.25) is 9.59 Å². The van der Waals surface area contributed by atoms with E-state index in [-0.39, 0.29) is 24.0 Å². The number of rotatable bonds is 5. The molecule has 0 spiro atoms. The Hall–Kier alpha value is -2.89. The fourth-order valence-corrected chi connectivity index (χ4v) is 3.13. The number of carbonyl (C=O) groups excluding carboxylic acids is 2. The van der Waals surface area contributed by atoms with Crippen LogP contribution < -0.4 is 14.8 Å². The fourth-order valence-electron chi connectivity index (χ4n) is 3.13. The van der Waals surface area contributed by atoms with Gasteiger partial charge in [0.05, 0.1) is 0 Å². The highest BCUT2D eigenvalue weighted by Crippen LogP contribution is 2.23. The number of pyridine rings is 1. The summed E-state index contributed by atoms with van der Waals surface area (Å²) in [6.45, 7) is 3.34. The molecular weight excluding hydrogens is 344 g/mol. The van der Waals surface area contributed by atoms with Crippen molar-refractivity contribution in [3.05, 3.63) is 53.7 Å². The zero-order valence-corrected chi connectivity index (χ0v) is 15.6. The van der Waals surface area contributed by atoms with Crippen LogP contribution in [0.3, 0.4) is 0 Å². The molecule has 0 aliphatic heterocycles. The van der Waals surface area contributed by atoms with Crippen molar-refractivity contribution in [1.29, 1.82) is 0 Å². The molecule has 142 valence electrons. The Labute approximate surface area is 158 Å².